The molecule has 0 aliphatic heterocycles. The van der Waals surface area contributed by atoms with Gasteiger partial charge in [0, 0.05) is 37.8 Å². The van der Waals surface area contributed by atoms with Crippen LogP contribution in [0.4, 0.5) is 5.69 Å². The minimum absolute atomic E-state index is 0.0249. The van der Waals surface area contributed by atoms with E-state index >= 15 is 0 Å². The lowest BCUT2D eigenvalue weighted by molar-refractivity contribution is 0.948. The molecule has 0 amide bonds. The van der Waals surface area contributed by atoms with E-state index in [1.54, 1.807) is 0 Å². The van der Waals surface area contributed by atoms with Crippen LogP contribution in [0.1, 0.15) is 29.3 Å². The van der Waals surface area contributed by atoms with Crippen molar-refractivity contribution in [3.63, 3.8) is 0 Å². The molecule has 3 rings (SSSR count). The first-order chi connectivity index (χ1) is 11.5. The Bertz CT molecular complexity index is 936. The standard InChI is InChI=1S/C20H23N3O/c1-5-15-13(2)22-20(24)19(23(3)4)17(15)12-14-10-11-21-18-9-7-6-8-16(14)18/h6-11H,5,12H2,1-4H3,(H,22,24). The lowest BCUT2D eigenvalue weighted by Crippen LogP contribution is -2.25. The molecule has 2 heterocycles. The lowest BCUT2D eigenvalue weighted by Gasteiger charge is -2.21. The molecule has 124 valence electrons. The number of nitrogens with zero attached hydrogens (tertiary/aromatic N) is 2. The van der Waals surface area contributed by atoms with Gasteiger partial charge >= 0.3 is 0 Å². The molecule has 2 aromatic heterocycles. The molecule has 3 aromatic rings. The van der Waals surface area contributed by atoms with Crippen molar-refractivity contribution in [1.29, 1.82) is 0 Å². The summed E-state index contributed by atoms with van der Waals surface area (Å²) in [7, 11) is 3.85. The maximum absolute atomic E-state index is 12.5. The minimum Gasteiger partial charge on any atom is -0.373 e. The van der Waals surface area contributed by atoms with Gasteiger partial charge in [-0.25, -0.2) is 0 Å². The highest BCUT2D eigenvalue weighted by Crippen LogP contribution is 2.27. The lowest BCUT2D eigenvalue weighted by atomic mass is 9.94. The molecule has 0 spiro atoms. The fourth-order valence-corrected chi connectivity index (χ4v) is 3.45. The van der Waals surface area contributed by atoms with E-state index in [0.29, 0.717) is 0 Å². The van der Waals surface area contributed by atoms with Gasteiger partial charge in [-0.2, -0.15) is 0 Å². The Morgan fingerprint density at radius 3 is 2.58 bits per heavy atom. The van der Waals surface area contributed by atoms with E-state index in [0.717, 1.165) is 40.7 Å². The third-order valence-corrected chi connectivity index (χ3v) is 4.53. The zero-order chi connectivity index (χ0) is 17.3. The Kier molecular flexibility index (Phi) is 4.38. The highest BCUT2D eigenvalue weighted by Gasteiger charge is 2.17. The van der Waals surface area contributed by atoms with Crippen molar-refractivity contribution in [2.24, 2.45) is 0 Å². The summed E-state index contributed by atoms with van der Waals surface area (Å²) in [5.41, 5.74) is 6.20. The van der Waals surface area contributed by atoms with Crippen LogP contribution in [0.5, 0.6) is 0 Å². The average Bonchev–Trinajstić information content (AvgIpc) is 2.54. The molecule has 4 nitrogen and oxygen atoms in total. The molecular formula is C20H23N3O. The van der Waals surface area contributed by atoms with E-state index < -0.39 is 0 Å². The Balaban J connectivity index is 2.24. The quantitative estimate of drug-likeness (QED) is 0.800. The van der Waals surface area contributed by atoms with Crippen molar-refractivity contribution >= 4 is 16.6 Å². The molecule has 0 saturated carbocycles. The molecule has 0 radical (unpaired) electrons. The predicted octanol–water partition coefficient (Wildman–Crippen LogP) is 3.45. The molecule has 0 aliphatic carbocycles. The number of anilines is 1. The predicted molar refractivity (Wildman–Crippen MR) is 100 cm³/mol. The number of benzene rings is 1. The monoisotopic (exact) mass is 321 g/mol. The van der Waals surface area contributed by atoms with Gasteiger partial charge in [-0.15, -0.1) is 0 Å². The fourth-order valence-electron chi connectivity index (χ4n) is 3.45. The smallest absolute Gasteiger partial charge is 0.271 e. The number of pyridine rings is 2. The summed E-state index contributed by atoms with van der Waals surface area (Å²) in [6, 6.07) is 10.2. The van der Waals surface area contributed by atoms with Gasteiger partial charge in [0.1, 0.15) is 5.69 Å². The first-order valence-corrected chi connectivity index (χ1v) is 8.27. The number of nitrogens with one attached hydrogen (secondary N) is 1. The summed E-state index contributed by atoms with van der Waals surface area (Å²) >= 11 is 0. The summed E-state index contributed by atoms with van der Waals surface area (Å²) in [6.07, 6.45) is 3.46. The Morgan fingerprint density at radius 2 is 1.88 bits per heavy atom. The Morgan fingerprint density at radius 1 is 1.12 bits per heavy atom. The normalized spacial score (nSPS) is 11.0. The highest BCUT2D eigenvalue weighted by molar-refractivity contribution is 5.82. The average molecular weight is 321 g/mol. The van der Waals surface area contributed by atoms with Crippen LogP contribution in [0.15, 0.2) is 41.3 Å². The molecular weight excluding hydrogens is 298 g/mol. The largest absolute Gasteiger partial charge is 0.373 e. The molecule has 0 fully saturated rings. The second kappa shape index (κ2) is 6.48. The van der Waals surface area contributed by atoms with Crippen molar-refractivity contribution in [1.82, 2.24) is 9.97 Å². The van der Waals surface area contributed by atoms with Crippen LogP contribution in [-0.4, -0.2) is 24.1 Å². The molecule has 4 heteroatoms. The van der Waals surface area contributed by atoms with Crippen LogP contribution in [-0.2, 0) is 12.8 Å². The maximum Gasteiger partial charge on any atom is 0.271 e. The number of rotatable bonds is 4. The van der Waals surface area contributed by atoms with Crippen molar-refractivity contribution in [3.05, 3.63) is 69.3 Å². The van der Waals surface area contributed by atoms with Crippen molar-refractivity contribution in [3.8, 4) is 0 Å². The number of aryl methyl sites for hydroxylation is 1. The minimum atomic E-state index is -0.0249. The summed E-state index contributed by atoms with van der Waals surface area (Å²) in [5.74, 6) is 0. The van der Waals surface area contributed by atoms with E-state index in [9.17, 15) is 4.79 Å². The number of hydrogen-bond donors (Lipinski definition) is 1. The zero-order valence-electron chi connectivity index (χ0n) is 14.7. The number of aromatic amines is 1. The molecule has 0 aliphatic rings. The van der Waals surface area contributed by atoms with Crippen molar-refractivity contribution in [2.45, 2.75) is 26.7 Å². The van der Waals surface area contributed by atoms with E-state index in [4.69, 9.17) is 0 Å². The van der Waals surface area contributed by atoms with Crippen LogP contribution < -0.4 is 10.5 Å². The van der Waals surface area contributed by atoms with Gasteiger partial charge in [-0.3, -0.25) is 9.78 Å². The summed E-state index contributed by atoms with van der Waals surface area (Å²) in [4.78, 5) is 21.9. The van der Waals surface area contributed by atoms with E-state index in [-0.39, 0.29) is 5.56 Å². The molecule has 1 N–H and O–H groups in total. The molecule has 0 bridgehead atoms. The summed E-state index contributed by atoms with van der Waals surface area (Å²) in [5, 5.41) is 1.14. The van der Waals surface area contributed by atoms with E-state index in [2.05, 4.69) is 29.0 Å². The van der Waals surface area contributed by atoms with Gasteiger partial charge in [-0.05, 0) is 42.2 Å². The second-order valence-electron chi connectivity index (χ2n) is 6.30. The summed E-state index contributed by atoms with van der Waals surface area (Å²) in [6.45, 7) is 4.11. The van der Waals surface area contributed by atoms with Gasteiger partial charge in [0.2, 0.25) is 0 Å². The SMILES string of the molecule is CCc1c(C)[nH]c(=O)c(N(C)C)c1Cc1ccnc2ccccc12. The van der Waals surface area contributed by atoms with Crippen LogP contribution in [0.3, 0.4) is 0 Å². The van der Waals surface area contributed by atoms with E-state index in [1.165, 1.54) is 11.1 Å². The number of para-hydroxylation sites is 1. The van der Waals surface area contributed by atoms with Gasteiger partial charge in [0.25, 0.3) is 5.56 Å². The van der Waals surface area contributed by atoms with Crippen molar-refractivity contribution in [2.75, 3.05) is 19.0 Å². The number of aromatic nitrogens is 2. The first-order valence-electron chi connectivity index (χ1n) is 8.27. The van der Waals surface area contributed by atoms with Crippen LogP contribution in [0.25, 0.3) is 10.9 Å². The van der Waals surface area contributed by atoms with Gasteiger partial charge in [-0.1, -0.05) is 25.1 Å². The third kappa shape index (κ3) is 2.80. The molecule has 0 unspecified atom stereocenters. The van der Waals surface area contributed by atoms with Gasteiger partial charge in [0.05, 0.1) is 5.52 Å². The zero-order valence-corrected chi connectivity index (χ0v) is 14.7. The number of H-pyrrole nitrogens is 1. The molecule has 24 heavy (non-hydrogen) atoms. The van der Waals surface area contributed by atoms with Crippen molar-refractivity contribution < 1.29 is 0 Å². The van der Waals surface area contributed by atoms with Crippen LogP contribution in [0, 0.1) is 6.92 Å². The molecule has 0 atom stereocenters. The van der Waals surface area contributed by atoms with Crippen LogP contribution >= 0.6 is 0 Å². The Hall–Kier alpha value is -2.62. The number of hydrogen-bond acceptors (Lipinski definition) is 3. The number of fused-ring (bicyclic) bond motifs is 1. The highest BCUT2D eigenvalue weighted by atomic mass is 16.1. The second-order valence-corrected chi connectivity index (χ2v) is 6.30. The fraction of sp³-hybridized carbons (Fsp3) is 0.300. The van der Waals surface area contributed by atoms with Gasteiger partial charge < -0.3 is 9.88 Å². The first kappa shape index (κ1) is 16.2. The summed E-state index contributed by atoms with van der Waals surface area (Å²) < 4.78 is 0. The topological polar surface area (TPSA) is 49.0 Å². The van der Waals surface area contributed by atoms with Crippen LogP contribution in [0.2, 0.25) is 0 Å². The van der Waals surface area contributed by atoms with E-state index in [1.807, 2.05) is 50.3 Å². The molecule has 1 aromatic carbocycles. The molecule has 0 saturated heterocycles. The van der Waals surface area contributed by atoms with Gasteiger partial charge in [0.15, 0.2) is 0 Å². The maximum atomic E-state index is 12.5. The Labute approximate surface area is 142 Å². The third-order valence-electron chi connectivity index (χ3n) is 4.53.